The van der Waals surface area contributed by atoms with E-state index in [1.54, 1.807) is 6.92 Å². The van der Waals surface area contributed by atoms with E-state index >= 15 is 0 Å². The second kappa shape index (κ2) is 6.69. The Morgan fingerprint density at radius 1 is 1.15 bits per heavy atom. The Hall–Kier alpha value is -2.46. The van der Waals surface area contributed by atoms with E-state index in [4.69, 9.17) is 4.74 Å². The number of piperidine rings is 1. The molecule has 1 aliphatic heterocycles. The first-order valence-electron chi connectivity index (χ1n) is 9.23. The van der Waals surface area contributed by atoms with Crippen molar-refractivity contribution in [1.29, 1.82) is 0 Å². The molecule has 134 valence electrons. The van der Waals surface area contributed by atoms with E-state index in [1.807, 2.05) is 42.5 Å². The van der Waals surface area contributed by atoms with Crippen molar-refractivity contribution in [3.8, 4) is 0 Å². The summed E-state index contributed by atoms with van der Waals surface area (Å²) in [6.07, 6.45) is 0.971. The summed E-state index contributed by atoms with van der Waals surface area (Å²) in [7, 11) is 0. The van der Waals surface area contributed by atoms with Gasteiger partial charge in [-0.3, -0.25) is 14.5 Å². The molecule has 0 spiro atoms. The second-order valence-electron chi connectivity index (χ2n) is 7.15. The molecule has 0 amide bonds. The minimum Gasteiger partial charge on any atom is -0.465 e. The smallest absolute Gasteiger partial charge is 0.320 e. The third kappa shape index (κ3) is 2.65. The van der Waals surface area contributed by atoms with Gasteiger partial charge in [0.15, 0.2) is 5.78 Å². The van der Waals surface area contributed by atoms with Gasteiger partial charge in [-0.05, 0) is 36.5 Å². The highest BCUT2D eigenvalue weighted by molar-refractivity contribution is 6.08. The molecule has 0 aromatic heterocycles. The predicted octanol–water partition coefficient (Wildman–Crippen LogP) is 3.31. The molecule has 2 aromatic rings. The Bertz CT molecular complexity index is 832. The highest BCUT2D eigenvalue weighted by Gasteiger charge is 2.57. The Morgan fingerprint density at radius 2 is 1.88 bits per heavy atom. The minimum atomic E-state index is -1.03. The fourth-order valence-electron chi connectivity index (χ4n) is 4.35. The van der Waals surface area contributed by atoms with Crippen molar-refractivity contribution < 1.29 is 14.3 Å². The van der Waals surface area contributed by atoms with Crippen LogP contribution in [0.4, 0.5) is 0 Å². The molecule has 0 radical (unpaired) electrons. The number of hydrogen-bond acceptors (Lipinski definition) is 4. The maximum atomic E-state index is 13.5. The second-order valence-corrected chi connectivity index (χ2v) is 7.15. The van der Waals surface area contributed by atoms with Crippen LogP contribution in [0.2, 0.25) is 0 Å². The van der Waals surface area contributed by atoms with Crippen molar-refractivity contribution >= 4 is 11.8 Å². The topological polar surface area (TPSA) is 46.6 Å². The zero-order valence-electron chi connectivity index (χ0n) is 15.0. The van der Waals surface area contributed by atoms with E-state index in [2.05, 4.69) is 17.0 Å². The van der Waals surface area contributed by atoms with Gasteiger partial charge in [0.2, 0.25) is 0 Å². The number of rotatable bonds is 4. The molecule has 2 atom stereocenters. The monoisotopic (exact) mass is 349 g/mol. The number of hydrogen-bond donors (Lipinski definition) is 0. The maximum Gasteiger partial charge on any atom is 0.320 e. The number of ether oxygens (including phenoxy) is 1. The number of likely N-dealkylation sites (tertiary alicyclic amines) is 1. The lowest BCUT2D eigenvalue weighted by Crippen LogP contribution is -2.57. The lowest BCUT2D eigenvalue weighted by atomic mass is 9.64. The van der Waals surface area contributed by atoms with Crippen LogP contribution in [-0.2, 0) is 27.3 Å². The van der Waals surface area contributed by atoms with Crippen molar-refractivity contribution in [2.45, 2.75) is 32.4 Å². The van der Waals surface area contributed by atoms with Crippen LogP contribution in [0, 0.1) is 5.41 Å². The molecular weight excluding hydrogens is 326 g/mol. The van der Waals surface area contributed by atoms with E-state index in [0.717, 1.165) is 11.1 Å². The van der Waals surface area contributed by atoms with Gasteiger partial charge in [0.25, 0.3) is 0 Å². The third-order valence-electron chi connectivity index (χ3n) is 5.65. The zero-order valence-corrected chi connectivity index (χ0v) is 15.0. The number of esters is 1. The fourth-order valence-corrected chi connectivity index (χ4v) is 4.35. The van der Waals surface area contributed by atoms with Crippen molar-refractivity contribution in [2.24, 2.45) is 5.41 Å². The lowest BCUT2D eigenvalue weighted by Gasteiger charge is -2.48. The van der Waals surface area contributed by atoms with Gasteiger partial charge in [0.1, 0.15) is 5.41 Å². The summed E-state index contributed by atoms with van der Waals surface area (Å²) in [5.74, 6) is -0.360. The number of ketones is 1. The first kappa shape index (κ1) is 17.0. The molecule has 0 saturated carbocycles. The normalized spacial score (nSPS) is 24.8. The quantitative estimate of drug-likeness (QED) is 0.628. The molecule has 26 heavy (non-hydrogen) atoms. The van der Waals surface area contributed by atoms with Crippen LogP contribution in [0.25, 0.3) is 0 Å². The zero-order chi connectivity index (χ0) is 18.1. The first-order chi connectivity index (χ1) is 12.7. The van der Waals surface area contributed by atoms with E-state index in [1.165, 1.54) is 5.56 Å². The number of carbonyl (C=O) groups is 2. The van der Waals surface area contributed by atoms with Crippen LogP contribution in [0.1, 0.15) is 36.1 Å². The first-order valence-corrected chi connectivity index (χ1v) is 9.23. The molecule has 4 rings (SSSR count). The predicted molar refractivity (Wildman–Crippen MR) is 98.4 cm³/mol. The van der Waals surface area contributed by atoms with Crippen molar-refractivity contribution in [3.05, 3.63) is 71.3 Å². The molecule has 4 nitrogen and oxygen atoms in total. The van der Waals surface area contributed by atoms with Crippen molar-refractivity contribution in [3.63, 3.8) is 0 Å². The van der Waals surface area contributed by atoms with Crippen LogP contribution in [0.3, 0.4) is 0 Å². The maximum absolute atomic E-state index is 13.5. The molecule has 1 heterocycles. The van der Waals surface area contributed by atoms with Gasteiger partial charge >= 0.3 is 5.97 Å². The molecule has 1 aliphatic carbocycles. The number of carbonyl (C=O) groups excluding carboxylic acids is 2. The molecule has 2 unspecified atom stereocenters. The summed E-state index contributed by atoms with van der Waals surface area (Å²) in [5.41, 5.74) is 2.27. The van der Waals surface area contributed by atoms with E-state index < -0.39 is 5.41 Å². The molecule has 0 N–H and O–H groups in total. The summed E-state index contributed by atoms with van der Waals surface area (Å²) in [5, 5.41) is 0. The summed E-state index contributed by atoms with van der Waals surface area (Å²) in [6, 6.07) is 17.8. The fraction of sp³-hybridized carbons (Fsp3) is 0.364. The number of nitrogens with zero attached hydrogens (tertiary/aromatic N) is 1. The Morgan fingerprint density at radius 3 is 2.65 bits per heavy atom. The van der Waals surface area contributed by atoms with E-state index in [0.29, 0.717) is 32.5 Å². The highest BCUT2D eigenvalue weighted by atomic mass is 16.5. The van der Waals surface area contributed by atoms with Gasteiger partial charge in [-0.25, -0.2) is 0 Å². The van der Waals surface area contributed by atoms with Gasteiger partial charge in [-0.15, -0.1) is 0 Å². The molecular formula is C22H23NO3. The summed E-state index contributed by atoms with van der Waals surface area (Å²) < 4.78 is 5.32. The van der Waals surface area contributed by atoms with E-state index in [9.17, 15) is 9.59 Å². The minimum absolute atomic E-state index is 0.00293. The summed E-state index contributed by atoms with van der Waals surface area (Å²) in [6.45, 7) is 3.49. The van der Waals surface area contributed by atoms with Gasteiger partial charge in [-0.2, -0.15) is 0 Å². The lowest BCUT2D eigenvalue weighted by molar-refractivity contribution is -0.167. The van der Waals surface area contributed by atoms with E-state index in [-0.39, 0.29) is 17.8 Å². The number of fused-ring (bicyclic) bond motifs is 4. The number of Topliss-reactive ketones (excluding diaryl/α,β-unsaturated/α-hetero) is 1. The van der Waals surface area contributed by atoms with Crippen LogP contribution in [-0.4, -0.2) is 29.8 Å². The summed E-state index contributed by atoms with van der Waals surface area (Å²) >= 11 is 0. The Balaban J connectivity index is 1.74. The average Bonchev–Trinajstić information content (AvgIpc) is 2.65. The van der Waals surface area contributed by atoms with Crippen LogP contribution in [0.5, 0.6) is 0 Å². The van der Waals surface area contributed by atoms with Crippen molar-refractivity contribution in [1.82, 2.24) is 4.90 Å². The largest absolute Gasteiger partial charge is 0.465 e. The molecule has 2 aliphatic rings. The molecule has 2 aromatic carbocycles. The molecule has 2 bridgehead atoms. The van der Waals surface area contributed by atoms with Crippen LogP contribution < -0.4 is 0 Å². The summed E-state index contributed by atoms with van der Waals surface area (Å²) in [4.78, 5) is 28.4. The van der Waals surface area contributed by atoms with Crippen LogP contribution in [0.15, 0.2) is 54.6 Å². The van der Waals surface area contributed by atoms with Gasteiger partial charge in [0.05, 0.1) is 12.6 Å². The van der Waals surface area contributed by atoms with Gasteiger partial charge in [0, 0.05) is 13.1 Å². The average molecular weight is 349 g/mol. The van der Waals surface area contributed by atoms with Gasteiger partial charge in [-0.1, -0.05) is 54.6 Å². The third-order valence-corrected chi connectivity index (χ3v) is 5.65. The SMILES string of the molecule is CCOC(=O)C12CCN(Cc3ccccc3)C(C1=O)c1ccccc1C2. The van der Waals surface area contributed by atoms with Gasteiger partial charge < -0.3 is 4.74 Å². The Labute approximate surface area is 153 Å². The highest BCUT2D eigenvalue weighted by Crippen LogP contribution is 2.48. The standard InChI is InChI=1S/C22H23NO3/c1-2-26-21(25)22-12-13-23(15-16-8-4-3-5-9-16)19(20(22)24)18-11-7-6-10-17(18)14-22/h3-11,19H,2,12-15H2,1H3. The van der Waals surface area contributed by atoms with Crippen LogP contribution >= 0.6 is 0 Å². The molecule has 1 fully saturated rings. The number of benzene rings is 2. The molecule has 4 heteroatoms. The molecule has 1 saturated heterocycles. The van der Waals surface area contributed by atoms with Crippen molar-refractivity contribution in [2.75, 3.05) is 13.2 Å². The Kier molecular flexibility index (Phi) is 4.37.